The second-order valence-electron chi connectivity index (χ2n) is 5.21. The maximum Gasteiger partial charge on any atom is 0.0992 e. The van der Waals surface area contributed by atoms with Gasteiger partial charge in [0.25, 0.3) is 0 Å². The van der Waals surface area contributed by atoms with E-state index in [4.69, 9.17) is 5.26 Å². The van der Waals surface area contributed by atoms with Crippen molar-refractivity contribution < 1.29 is 0 Å². The van der Waals surface area contributed by atoms with Gasteiger partial charge in [0.15, 0.2) is 0 Å². The van der Waals surface area contributed by atoms with Gasteiger partial charge in [-0.3, -0.25) is 0 Å². The predicted molar refractivity (Wildman–Crippen MR) is 82.6 cm³/mol. The van der Waals surface area contributed by atoms with Crippen molar-refractivity contribution >= 4 is 17.1 Å². The molecule has 1 aliphatic rings. The molecular weight excluding hydrogens is 246 g/mol. The molecule has 0 fully saturated rings. The molecule has 100 valence electrons. The van der Waals surface area contributed by atoms with Crippen molar-refractivity contribution in [2.24, 2.45) is 0 Å². The van der Waals surface area contributed by atoms with Crippen LogP contribution in [0.3, 0.4) is 0 Å². The Bertz CT molecular complexity index is 698. The van der Waals surface area contributed by atoms with Crippen LogP contribution in [0.1, 0.15) is 16.7 Å². The quantitative estimate of drug-likeness (QED) is 0.852. The summed E-state index contributed by atoms with van der Waals surface area (Å²) in [5.41, 5.74) is 6.61. The summed E-state index contributed by atoms with van der Waals surface area (Å²) >= 11 is 0. The number of nitrogens with zero attached hydrogens (tertiary/aromatic N) is 2. The van der Waals surface area contributed by atoms with Gasteiger partial charge in [-0.05, 0) is 49.2 Å². The maximum atomic E-state index is 9.11. The van der Waals surface area contributed by atoms with Crippen LogP contribution in [0.15, 0.2) is 36.4 Å². The van der Waals surface area contributed by atoms with E-state index in [-0.39, 0.29) is 0 Å². The van der Waals surface area contributed by atoms with Gasteiger partial charge in [-0.1, -0.05) is 12.1 Å². The summed E-state index contributed by atoms with van der Waals surface area (Å²) in [5.74, 6) is 0. The highest BCUT2D eigenvalue weighted by Crippen LogP contribution is 2.37. The summed E-state index contributed by atoms with van der Waals surface area (Å²) in [6.07, 6.45) is 0. The number of nitrogens with one attached hydrogen (secondary N) is 1. The molecule has 1 heterocycles. The van der Waals surface area contributed by atoms with Crippen molar-refractivity contribution in [1.29, 1.82) is 5.26 Å². The van der Waals surface area contributed by atoms with Crippen LogP contribution in [-0.2, 0) is 0 Å². The molecule has 0 radical (unpaired) electrons. The SMILES string of the molecule is Cc1ccc(C)c(N2CCNc3ccc(C#N)cc32)c1. The molecule has 0 aliphatic carbocycles. The highest BCUT2D eigenvalue weighted by atomic mass is 15.2. The minimum Gasteiger partial charge on any atom is -0.382 e. The predicted octanol–water partition coefficient (Wildman–Crippen LogP) is 3.74. The van der Waals surface area contributed by atoms with Gasteiger partial charge in [-0.25, -0.2) is 0 Å². The van der Waals surface area contributed by atoms with E-state index in [0.29, 0.717) is 5.56 Å². The van der Waals surface area contributed by atoms with E-state index in [1.165, 1.54) is 16.8 Å². The number of nitriles is 1. The summed E-state index contributed by atoms with van der Waals surface area (Å²) in [6, 6.07) is 14.5. The highest BCUT2D eigenvalue weighted by Gasteiger charge is 2.19. The van der Waals surface area contributed by atoms with Gasteiger partial charge >= 0.3 is 0 Å². The molecule has 3 nitrogen and oxygen atoms in total. The third-order valence-electron chi connectivity index (χ3n) is 3.72. The fourth-order valence-electron chi connectivity index (χ4n) is 2.66. The van der Waals surface area contributed by atoms with Gasteiger partial charge in [-0.2, -0.15) is 5.26 Å². The molecule has 1 aliphatic heterocycles. The molecule has 2 aromatic rings. The second-order valence-corrected chi connectivity index (χ2v) is 5.21. The van der Waals surface area contributed by atoms with Crippen LogP contribution in [-0.4, -0.2) is 13.1 Å². The smallest absolute Gasteiger partial charge is 0.0992 e. The number of benzene rings is 2. The highest BCUT2D eigenvalue weighted by molar-refractivity contribution is 5.80. The van der Waals surface area contributed by atoms with Crippen LogP contribution in [0.25, 0.3) is 0 Å². The Labute approximate surface area is 119 Å². The number of hydrogen-bond donors (Lipinski definition) is 1. The van der Waals surface area contributed by atoms with Crippen molar-refractivity contribution in [3.8, 4) is 6.07 Å². The van der Waals surface area contributed by atoms with Crippen LogP contribution >= 0.6 is 0 Å². The molecule has 0 atom stereocenters. The lowest BCUT2D eigenvalue weighted by molar-refractivity contribution is 0.921. The molecule has 0 aromatic heterocycles. The number of aryl methyl sites for hydroxylation is 2. The molecule has 0 unspecified atom stereocenters. The van der Waals surface area contributed by atoms with Crippen molar-refractivity contribution in [1.82, 2.24) is 0 Å². The van der Waals surface area contributed by atoms with Gasteiger partial charge in [0.1, 0.15) is 0 Å². The normalized spacial score (nSPS) is 13.3. The minimum atomic E-state index is 0.697. The minimum absolute atomic E-state index is 0.697. The maximum absolute atomic E-state index is 9.11. The largest absolute Gasteiger partial charge is 0.382 e. The van der Waals surface area contributed by atoms with E-state index in [9.17, 15) is 0 Å². The molecule has 1 N–H and O–H groups in total. The van der Waals surface area contributed by atoms with Crippen molar-refractivity contribution in [2.75, 3.05) is 23.3 Å². The Balaban J connectivity index is 2.14. The Morgan fingerprint density at radius 1 is 1.10 bits per heavy atom. The molecule has 0 spiro atoms. The Kier molecular flexibility index (Phi) is 3.08. The molecule has 20 heavy (non-hydrogen) atoms. The van der Waals surface area contributed by atoms with Gasteiger partial charge in [-0.15, -0.1) is 0 Å². The van der Waals surface area contributed by atoms with Crippen LogP contribution in [0.5, 0.6) is 0 Å². The lowest BCUT2D eigenvalue weighted by atomic mass is 10.1. The topological polar surface area (TPSA) is 39.1 Å². The van der Waals surface area contributed by atoms with E-state index in [2.05, 4.69) is 48.3 Å². The zero-order valence-electron chi connectivity index (χ0n) is 11.8. The number of rotatable bonds is 1. The van der Waals surface area contributed by atoms with Crippen molar-refractivity contribution in [3.05, 3.63) is 53.1 Å². The van der Waals surface area contributed by atoms with E-state index in [0.717, 1.165) is 24.5 Å². The first kappa shape index (κ1) is 12.6. The molecule has 0 amide bonds. The first-order chi connectivity index (χ1) is 9.69. The fourth-order valence-corrected chi connectivity index (χ4v) is 2.66. The van der Waals surface area contributed by atoms with E-state index >= 15 is 0 Å². The Hall–Kier alpha value is -2.47. The summed E-state index contributed by atoms with van der Waals surface area (Å²) in [4.78, 5) is 2.30. The lowest BCUT2D eigenvalue weighted by Crippen LogP contribution is -2.30. The Morgan fingerprint density at radius 3 is 2.75 bits per heavy atom. The van der Waals surface area contributed by atoms with Crippen LogP contribution in [0, 0.1) is 25.2 Å². The third-order valence-corrected chi connectivity index (χ3v) is 3.72. The number of anilines is 3. The van der Waals surface area contributed by atoms with Crippen LogP contribution in [0.4, 0.5) is 17.1 Å². The van der Waals surface area contributed by atoms with Crippen molar-refractivity contribution in [2.45, 2.75) is 13.8 Å². The molecule has 0 bridgehead atoms. The Morgan fingerprint density at radius 2 is 1.95 bits per heavy atom. The first-order valence-corrected chi connectivity index (χ1v) is 6.82. The van der Waals surface area contributed by atoms with Crippen LogP contribution < -0.4 is 10.2 Å². The molecule has 0 saturated carbocycles. The average molecular weight is 263 g/mol. The van der Waals surface area contributed by atoms with Gasteiger partial charge in [0.05, 0.1) is 23.0 Å². The fraction of sp³-hybridized carbons (Fsp3) is 0.235. The summed E-state index contributed by atoms with van der Waals surface area (Å²) in [6.45, 7) is 6.06. The molecule has 2 aromatic carbocycles. The van der Waals surface area contributed by atoms with Crippen molar-refractivity contribution in [3.63, 3.8) is 0 Å². The van der Waals surface area contributed by atoms with E-state index in [1.807, 2.05) is 18.2 Å². The van der Waals surface area contributed by atoms with E-state index < -0.39 is 0 Å². The summed E-state index contributed by atoms with van der Waals surface area (Å²) in [7, 11) is 0. The third kappa shape index (κ3) is 2.10. The van der Waals surface area contributed by atoms with Gasteiger partial charge in [0, 0.05) is 18.8 Å². The summed E-state index contributed by atoms with van der Waals surface area (Å²) in [5, 5.41) is 12.5. The van der Waals surface area contributed by atoms with Gasteiger partial charge < -0.3 is 10.2 Å². The molecule has 3 rings (SSSR count). The summed E-state index contributed by atoms with van der Waals surface area (Å²) < 4.78 is 0. The lowest BCUT2D eigenvalue weighted by Gasteiger charge is -2.33. The number of fused-ring (bicyclic) bond motifs is 1. The molecule has 0 saturated heterocycles. The zero-order valence-corrected chi connectivity index (χ0v) is 11.8. The van der Waals surface area contributed by atoms with E-state index in [1.54, 1.807) is 0 Å². The van der Waals surface area contributed by atoms with Crippen LogP contribution in [0.2, 0.25) is 0 Å². The number of hydrogen-bond acceptors (Lipinski definition) is 3. The molecular formula is C17H17N3. The molecule has 3 heteroatoms. The monoisotopic (exact) mass is 263 g/mol. The first-order valence-electron chi connectivity index (χ1n) is 6.82. The average Bonchev–Trinajstić information content (AvgIpc) is 2.48. The standard InChI is InChI=1S/C17H17N3/c1-12-3-4-13(2)16(9-12)20-8-7-19-15-6-5-14(11-18)10-17(15)20/h3-6,9-10,19H,7-8H2,1-2H3. The second kappa shape index (κ2) is 4.90. The van der Waals surface area contributed by atoms with Gasteiger partial charge in [0.2, 0.25) is 0 Å². The zero-order chi connectivity index (χ0) is 14.1.